The summed E-state index contributed by atoms with van der Waals surface area (Å²) in [5, 5.41) is 8.55. The van der Waals surface area contributed by atoms with Gasteiger partial charge in [0.25, 0.3) is 5.91 Å². The number of nitrogens with one attached hydrogen (secondary N) is 2. The molecule has 1 fully saturated rings. The third-order valence-electron chi connectivity index (χ3n) is 6.78. The number of hydrogen-bond acceptors (Lipinski definition) is 4. The molecule has 2 aromatic heterocycles. The largest absolute Gasteiger partial charge is 0.380 e. The smallest absolute Gasteiger partial charge is 0.270 e. The lowest BCUT2D eigenvalue weighted by Crippen LogP contribution is -2.43. The number of rotatable bonds is 6. The molecule has 2 aliphatic rings. The van der Waals surface area contributed by atoms with Gasteiger partial charge in [-0.1, -0.05) is 18.7 Å². The lowest BCUT2D eigenvalue weighted by molar-refractivity contribution is 0.0728. The predicted molar refractivity (Wildman–Crippen MR) is 130 cm³/mol. The van der Waals surface area contributed by atoms with Crippen molar-refractivity contribution in [1.29, 1.82) is 0 Å². The van der Waals surface area contributed by atoms with E-state index < -0.39 is 0 Å². The topological polar surface area (TPSA) is 69.2 Å². The highest BCUT2D eigenvalue weighted by Crippen LogP contribution is 2.28. The number of fused-ring (bicyclic) bond motifs is 1. The van der Waals surface area contributed by atoms with Gasteiger partial charge in [0.1, 0.15) is 17.2 Å². The summed E-state index contributed by atoms with van der Waals surface area (Å²) in [4.78, 5) is 20.2. The Morgan fingerprint density at radius 1 is 1.26 bits per heavy atom. The maximum Gasteiger partial charge on any atom is 0.270 e. The lowest BCUT2D eigenvalue weighted by Gasteiger charge is -2.31. The fraction of sp³-hybridized carbons (Fsp3) is 0.385. The van der Waals surface area contributed by atoms with E-state index in [4.69, 9.17) is 5.10 Å². The SMILES string of the molecule is C=C(NC1CCCN(C)C1)c1nn(Cc2ccc(F)cc2)c2c1CN(C(=O)c1ccc[nH]1)CC2. The van der Waals surface area contributed by atoms with Gasteiger partial charge in [-0.25, -0.2) is 4.39 Å². The molecule has 34 heavy (non-hydrogen) atoms. The van der Waals surface area contributed by atoms with Crippen LogP contribution < -0.4 is 5.32 Å². The zero-order valence-electron chi connectivity index (χ0n) is 19.6. The van der Waals surface area contributed by atoms with Gasteiger partial charge in [0.05, 0.1) is 18.8 Å². The van der Waals surface area contributed by atoms with E-state index in [2.05, 4.69) is 28.8 Å². The second kappa shape index (κ2) is 9.46. The van der Waals surface area contributed by atoms with Crippen molar-refractivity contribution < 1.29 is 9.18 Å². The minimum Gasteiger partial charge on any atom is -0.380 e. The molecular weight excluding hydrogens is 431 g/mol. The Bertz CT molecular complexity index is 1170. The number of hydrogen-bond donors (Lipinski definition) is 2. The Morgan fingerprint density at radius 2 is 2.09 bits per heavy atom. The molecule has 1 unspecified atom stereocenters. The molecule has 0 saturated carbocycles. The highest BCUT2D eigenvalue weighted by molar-refractivity contribution is 5.92. The number of benzene rings is 1. The Hall–Kier alpha value is -3.39. The number of aromatic amines is 1. The number of piperidine rings is 1. The van der Waals surface area contributed by atoms with Crippen molar-refractivity contribution >= 4 is 11.6 Å². The molecule has 2 aliphatic heterocycles. The fourth-order valence-corrected chi connectivity index (χ4v) is 5.03. The van der Waals surface area contributed by atoms with E-state index in [0.717, 1.165) is 54.1 Å². The van der Waals surface area contributed by atoms with Crippen molar-refractivity contribution in [2.75, 3.05) is 26.7 Å². The first-order valence-corrected chi connectivity index (χ1v) is 11.9. The normalized spacial score (nSPS) is 18.5. The lowest BCUT2D eigenvalue weighted by atomic mass is 10.0. The van der Waals surface area contributed by atoms with Crippen LogP contribution in [0.3, 0.4) is 0 Å². The van der Waals surface area contributed by atoms with Gasteiger partial charge in [-0.2, -0.15) is 5.10 Å². The molecule has 1 aromatic carbocycles. The molecule has 5 rings (SSSR count). The molecule has 0 spiro atoms. The number of likely N-dealkylation sites (tertiary alicyclic amines) is 1. The zero-order valence-corrected chi connectivity index (χ0v) is 19.6. The highest BCUT2D eigenvalue weighted by atomic mass is 19.1. The number of H-pyrrole nitrogens is 1. The number of nitrogens with zero attached hydrogens (tertiary/aromatic N) is 4. The van der Waals surface area contributed by atoms with Crippen LogP contribution in [0.5, 0.6) is 0 Å². The molecule has 2 N–H and O–H groups in total. The van der Waals surface area contributed by atoms with Crippen LogP contribution in [0.1, 0.15) is 45.8 Å². The summed E-state index contributed by atoms with van der Waals surface area (Å²) in [6.45, 7) is 8.07. The molecule has 1 atom stereocenters. The van der Waals surface area contributed by atoms with Gasteiger partial charge in [-0.3, -0.25) is 9.48 Å². The average molecular weight is 463 g/mol. The molecule has 4 heterocycles. The van der Waals surface area contributed by atoms with E-state index in [1.807, 2.05) is 15.6 Å². The molecule has 3 aromatic rings. The molecule has 7 nitrogen and oxygen atoms in total. The first-order valence-electron chi connectivity index (χ1n) is 11.9. The number of aromatic nitrogens is 3. The molecular formula is C26H31FN6O. The van der Waals surface area contributed by atoms with Crippen LogP contribution in [0.15, 0.2) is 49.2 Å². The van der Waals surface area contributed by atoms with Crippen molar-refractivity contribution in [2.24, 2.45) is 0 Å². The highest BCUT2D eigenvalue weighted by Gasteiger charge is 2.30. The van der Waals surface area contributed by atoms with E-state index in [1.165, 1.54) is 12.1 Å². The van der Waals surface area contributed by atoms with Gasteiger partial charge in [-0.15, -0.1) is 0 Å². The molecule has 1 saturated heterocycles. The Labute approximate surface area is 199 Å². The summed E-state index contributed by atoms with van der Waals surface area (Å²) in [5.41, 5.74) is 5.33. The molecule has 8 heteroatoms. The minimum atomic E-state index is -0.250. The number of likely N-dealkylation sites (N-methyl/N-ethyl adjacent to an activating group) is 1. The molecule has 1 amide bonds. The first-order chi connectivity index (χ1) is 16.5. The molecule has 0 aliphatic carbocycles. The maximum absolute atomic E-state index is 13.4. The van der Waals surface area contributed by atoms with E-state index in [0.29, 0.717) is 37.8 Å². The number of carbonyl (C=O) groups excluding carboxylic acids is 1. The summed E-state index contributed by atoms with van der Waals surface area (Å²) in [7, 11) is 2.14. The number of carbonyl (C=O) groups is 1. The first kappa shape index (κ1) is 22.4. The van der Waals surface area contributed by atoms with Gasteiger partial charge in [-0.05, 0) is 56.3 Å². The van der Waals surface area contributed by atoms with Crippen LogP contribution in [0, 0.1) is 5.82 Å². The van der Waals surface area contributed by atoms with E-state index in [1.54, 1.807) is 24.4 Å². The Morgan fingerprint density at radius 3 is 2.82 bits per heavy atom. The van der Waals surface area contributed by atoms with Crippen molar-refractivity contribution in [3.05, 3.63) is 83.2 Å². The monoisotopic (exact) mass is 462 g/mol. The second-order valence-corrected chi connectivity index (χ2v) is 9.34. The van der Waals surface area contributed by atoms with Crippen molar-refractivity contribution in [1.82, 2.24) is 29.9 Å². The summed E-state index contributed by atoms with van der Waals surface area (Å²) in [6, 6.07) is 10.5. The molecule has 0 radical (unpaired) electrons. The predicted octanol–water partition coefficient (Wildman–Crippen LogP) is 3.25. The van der Waals surface area contributed by atoms with E-state index in [-0.39, 0.29) is 11.7 Å². The van der Waals surface area contributed by atoms with Crippen molar-refractivity contribution in [2.45, 2.75) is 38.4 Å². The number of amides is 1. The van der Waals surface area contributed by atoms with E-state index >= 15 is 0 Å². The van der Waals surface area contributed by atoms with Crippen LogP contribution in [-0.4, -0.2) is 63.2 Å². The Kier molecular flexibility index (Phi) is 6.24. The quantitative estimate of drug-likeness (QED) is 0.590. The van der Waals surface area contributed by atoms with Crippen LogP contribution in [0.25, 0.3) is 5.70 Å². The van der Waals surface area contributed by atoms with Crippen LogP contribution in [-0.2, 0) is 19.5 Å². The Balaban J connectivity index is 1.43. The van der Waals surface area contributed by atoms with Crippen molar-refractivity contribution in [3.63, 3.8) is 0 Å². The third-order valence-corrected chi connectivity index (χ3v) is 6.78. The summed E-state index contributed by atoms with van der Waals surface area (Å²) in [5.74, 6) is -0.263. The molecule has 178 valence electrons. The number of halogens is 1. The maximum atomic E-state index is 13.4. The standard InChI is InChI=1S/C26H31FN6O/c1-18(29-21-5-4-13-31(2)16-21)25-22-17-32(26(34)23-6-3-12-28-23)14-11-24(22)33(30-25)15-19-7-9-20(27)10-8-19/h3,6-10,12,21,28-29H,1,4-5,11,13-17H2,2H3. The molecule has 0 bridgehead atoms. The van der Waals surface area contributed by atoms with Crippen LogP contribution >= 0.6 is 0 Å². The summed E-state index contributed by atoms with van der Waals surface area (Å²) >= 11 is 0. The third kappa shape index (κ3) is 4.63. The average Bonchev–Trinajstić information content (AvgIpc) is 3.49. The fourth-order valence-electron chi connectivity index (χ4n) is 5.03. The summed E-state index contributed by atoms with van der Waals surface area (Å²) in [6.07, 6.45) is 4.72. The van der Waals surface area contributed by atoms with Gasteiger partial charge in [0.2, 0.25) is 0 Å². The van der Waals surface area contributed by atoms with Gasteiger partial charge < -0.3 is 20.1 Å². The van der Waals surface area contributed by atoms with Gasteiger partial charge in [0, 0.05) is 43.0 Å². The zero-order chi connectivity index (χ0) is 23.7. The van der Waals surface area contributed by atoms with Crippen molar-refractivity contribution in [3.8, 4) is 0 Å². The summed E-state index contributed by atoms with van der Waals surface area (Å²) < 4.78 is 15.4. The van der Waals surface area contributed by atoms with Gasteiger partial charge in [0.15, 0.2) is 0 Å². The minimum absolute atomic E-state index is 0.0136. The second-order valence-electron chi connectivity index (χ2n) is 9.34. The van der Waals surface area contributed by atoms with Crippen LogP contribution in [0.4, 0.5) is 4.39 Å². The van der Waals surface area contributed by atoms with Crippen LogP contribution in [0.2, 0.25) is 0 Å². The van der Waals surface area contributed by atoms with E-state index in [9.17, 15) is 9.18 Å². The van der Waals surface area contributed by atoms with Gasteiger partial charge >= 0.3 is 0 Å².